The van der Waals surface area contributed by atoms with Gasteiger partial charge in [-0.1, -0.05) is 12.1 Å². The Bertz CT molecular complexity index is 1060. The normalized spacial score (nSPS) is 11.2. The minimum Gasteiger partial charge on any atom is -0.332 e. The van der Waals surface area contributed by atoms with Crippen LogP contribution in [0, 0.1) is 0 Å². The van der Waals surface area contributed by atoms with E-state index in [9.17, 15) is 9.59 Å². The topological polar surface area (TPSA) is 106 Å². The van der Waals surface area contributed by atoms with Crippen LogP contribution in [0.4, 0.5) is 0 Å². The van der Waals surface area contributed by atoms with E-state index in [1.165, 1.54) is 6.33 Å². The number of para-hydroxylation sites is 2. The highest BCUT2D eigenvalue weighted by molar-refractivity contribution is 6.02. The first-order chi connectivity index (χ1) is 10.3. The van der Waals surface area contributed by atoms with E-state index in [0.717, 1.165) is 15.7 Å². The van der Waals surface area contributed by atoms with E-state index in [0.29, 0.717) is 23.1 Å². The largest absolute Gasteiger partial charge is 0.332 e. The molecule has 0 atom stereocenters. The van der Waals surface area contributed by atoms with Crippen LogP contribution in [0.15, 0.2) is 35.4 Å². The molecule has 0 saturated heterocycles. The van der Waals surface area contributed by atoms with Crippen molar-refractivity contribution < 1.29 is 4.79 Å². The molecular formula is C13H8N6O2. The Morgan fingerprint density at radius 1 is 1.14 bits per heavy atom. The number of carbonyl (C=O) groups is 1. The molecule has 102 valence electrons. The van der Waals surface area contributed by atoms with Crippen LogP contribution < -0.4 is 11.0 Å². The van der Waals surface area contributed by atoms with Crippen molar-refractivity contribution >= 4 is 39.6 Å². The molecule has 0 aliphatic rings. The molecule has 1 aromatic carbocycles. The van der Waals surface area contributed by atoms with Crippen LogP contribution in [-0.4, -0.2) is 31.0 Å². The lowest BCUT2D eigenvalue weighted by atomic mass is 10.3. The van der Waals surface area contributed by atoms with E-state index in [4.69, 9.17) is 0 Å². The monoisotopic (exact) mass is 280 g/mol. The second kappa shape index (κ2) is 4.10. The van der Waals surface area contributed by atoms with Gasteiger partial charge in [0.15, 0.2) is 5.65 Å². The standard InChI is InChI=1S/C13H8N6O2/c20-6-15-19-5-14-9-10-12(18-11(9)13(19)21)17-8-4-2-1-3-7(8)16-10/h1-6H,(H,15,20)(H,17,18). The molecule has 4 rings (SSSR count). The maximum Gasteiger partial charge on any atom is 0.296 e. The summed E-state index contributed by atoms with van der Waals surface area (Å²) in [6.45, 7) is 0. The summed E-state index contributed by atoms with van der Waals surface area (Å²) in [6.07, 6.45) is 1.64. The first-order valence-corrected chi connectivity index (χ1v) is 6.14. The summed E-state index contributed by atoms with van der Waals surface area (Å²) >= 11 is 0. The van der Waals surface area contributed by atoms with Crippen molar-refractivity contribution in [1.29, 1.82) is 0 Å². The van der Waals surface area contributed by atoms with Gasteiger partial charge in [-0.2, -0.15) is 0 Å². The summed E-state index contributed by atoms with van der Waals surface area (Å²) in [5.41, 5.74) is 4.96. The molecule has 0 unspecified atom stereocenters. The Labute approximate surface area is 116 Å². The fourth-order valence-electron chi connectivity index (χ4n) is 2.27. The highest BCUT2D eigenvalue weighted by Gasteiger charge is 2.13. The molecule has 0 aliphatic heterocycles. The summed E-state index contributed by atoms with van der Waals surface area (Å²) in [6, 6.07) is 7.42. The van der Waals surface area contributed by atoms with Crippen LogP contribution in [-0.2, 0) is 4.79 Å². The van der Waals surface area contributed by atoms with Crippen molar-refractivity contribution in [1.82, 2.24) is 24.6 Å². The number of nitrogens with zero attached hydrogens (tertiary/aromatic N) is 4. The summed E-state index contributed by atoms with van der Waals surface area (Å²) in [4.78, 5) is 38.7. The van der Waals surface area contributed by atoms with Crippen LogP contribution in [0.1, 0.15) is 0 Å². The van der Waals surface area contributed by atoms with Gasteiger partial charge in [0.25, 0.3) is 5.56 Å². The minimum atomic E-state index is -0.420. The van der Waals surface area contributed by atoms with Gasteiger partial charge in [0, 0.05) is 0 Å². The maximum absolute atomic E-state index is 12.2. The Kier molecular flexibility index (Phi) is 2.25. The number of fused-ring (bicyclic) bond motifs is 4. The lowest BCUT2D eigenvalue weighted by Crippen LogP contribution is -2.28. The first kappa shape index (κ1) is 11.5. The van der Waals surface area contributed by atoms with Crippen LogP contribution >= 0.6 is 0 Å². The number of carbonyl (C=O) groups excluding carboxylic acids is 1. The minimum absolute atomic E-state index is 0.247. The third-order valence-electron chi connectivity index (χ3n) is 3.20. The van der Waals surface area contributed by atoms with E-state index in [-0.39, 0.29) is 5.52 Å². The van der Waals surface area contributed by atoms with Crippen molar-refractivity contribution in [3.05, 3.63) is 40.9 Å². The molecule has 0 aliphatic carbocycles. The smallest absolute Gasteiger partial charge is 0.296 e. The van der Waals surface area contributed by atoms with Crippen LogP contribution in [0.3, 0.4) is 0 Å². The van der Waals surface area contributed by atoms with Gasteiger partial charge < -0.3 is 4.98 Å². The Morgan fingerprint density at radius 2 is 1.90 bits per heavy atom. The molecule has 0 fully saturated rings. The van der Waals surface area contributed by atoms with E-state index < -0.39 is 5.56 Å². The van der Waals surface area contributed by atoms with E-state index in [1.807, 2.05) is 24.3 Å². The van der Waals surface area contributed by atoms with E-state index in [2.05, 4.69) is 25.4 Å². The third kappa shape index (κ3) is 1.59. The second-order valence-electron chi connectivity index (χ2n) is 4.42. The molecule has 4 aromatic rings. The predicted octanol–water partition coefficient (Wildman–Crippen LogP) is 0.521. The van der Waals surface area contributed by atoms with Crippen molar-refractivity contribution in [3.63, 3.8) is 0 Å². The average Bonchev–Trinajstić information content (AvgIpc) is 2.86. The Morgan fingerprint density at radius 3 is 2.67 bits per heavy atom. The molecule has 8 nitrogen and oxygen atoms in total. The average molecular weight is 280 g/mol. The van der Waals surface area contributed by atoms with Gasteiger partial charge in [-0.15, -0.1) is 0 Å². The van der Waals surface area contributed by atoms with Crippen molar-refractivity contribution in [2.24, 2.45) is 0 Å². The van der Waals surface area contributed by atoms with E-state index in [1.54, 1.807) is 0 Å². The zero-order chi connectivity index (χ0) is 14.4. The van der Waals surface area contributed by atoms with Crippen molar-refractivity contribution in [3.8, 4) is 0 Å². The number of hydrogen-bond donors (Lipinski definition) is 2. The summed E-state index contributed by atoms with van der Waals surface area (Å²) in [5, 5.41) is 0. The Balaban J connectivity index is 2.14. The molecular weight excluding hydrogens is 272 g/mol. The van der Waals surface area contributed by atoms with Gasteiger partial charge in [0.2, 0.25) is 6.41 Å². The van der Waals surface area contributed by atoms with Crippen LogP contribution in [0.5, 0.6) is 0 Å². The van der Waals surface area contributed by atoms with Gasteiger partial charge in [-0.3, -0.25) is 15.0 Å². The molecule has 8 heteroatoms. The van der Waals surface area contributed by atoms with Gasteiger partial charge in [-0.25, -0.2) is 19.6 Å². The highest BCUT2D eigenvalue weighted by atomic mass is 16.2. The maximum atomic E-state index is 12.2. The number of nitrogens with one attached hydrogen (secondary N) is 2. The van der Waals surface area contributed by atoms with Gasteiger partial charge in [0.1, 0.15) is 22.9 Å². The van der Waals surface area contributed by atoms with Crippen LogP contribution in [0.2, 0.25) is 0 Å². The van der Waals surface area contributed by atoms with Gasteiger partial charge in [-0.05, 0) is 12.1 Å². The van der Waals surface area contributed by atoms with E-state index >= 15 is 0 Å². The number of rotatable bonds is 2. The zero-order valence-corrected chi connectivity index (χ0v) is 10.6. The van der Waals surface area contributed by atoms with Gasteiger partial charge >= 0.3 is 0 Å². The van der Waals surface area contributed by atoms with Crippen molar-refractivity contribution in [2.45, 2.75) is 0 Å². The predicted molar refractivity (Wildman–Crippen MR) is 76.4 cm³/mol. The third-order valence-corrected chi connectivity index (χ3v) is 3.20. The second-order valence-corrected chi connectivity index (χ2v) is 4.42. The zero-order valence-electron chi connectivity index (χ0n) is 10.6. The molecule has 3 aromatic heterocycles. The molecule has 0 spiro atoms. The molecule has 3 heterocycles. The Hall–Kier alpha value is -3.29. The summed E-state index contributed by atoms with van der Waals surface area (Å²) < 4.78 is 0.991. The fraction of sp³-hybridized carbons (Fsp3) is 0. The summed E-state index contributed by atoms with van der Waals surface area (Å²) in [7, 11) is 0. The number of aromatic amines is 1. The number of benzene rings is 1. The van der Waals surface area contributed by atoms with Crippen LogP contribution in [0.25, 0.3) is 33.2 Å². The van der Waals surface area contributed by atoms with Gasteiger partial charge in [0.05, 0.1) is 11.0 Å². The molecule has 0 saturated carbocycles. The van der Waals surface area contributed by atoms with Crippen molar-refractivity contribution in [2.75, 3.05) is 5.43 Å². The number of aromatic nitrogens is 5. The lowest BCUT2D eigenvalue weighted by Gasteiger charge is -2.00. The molecule has 0 radical (unpaired) electrons. The number of hydrogen-bond acceptors (Lipinski definition) is 5. The summed E-state index contributed by atoms with van der Waals surface area (Å²) in [5.74, 6) is 0. The SMILES string of the molecule is O=CNn1cnc2c([nH]c3nc4ccccc4nc32)c1=O. The molecule has 0 bridgehead atoms. The highest BCUT2D eigenvalue weighted by Crippen LogP contribution is 2.20. The quantitative estimate of drug-likeness (QED) is 0.521. The number of H-pyrrole nitrogens is 1. The molecule has 1 amide bonds. The molecule has 21 heavy (non-hydrogen) atoms. The first-order valence-electron chi connectivity index (χ1n) is 6.14. The fourth-order valence-corrected chi connectivity index (χ4v) is 2.27. The lowest BCUT2D eigenvalue weighted by molar-refractivity contribution is -0.106. The molecule has 2 N–H and O–H groups in total. The number of amides is 1.